The molecular formula is C22H25N3O2. The van der Waals surface area contributed by atoms with Crippen molar-refractivity contribution in [3.05, 3.63) is 70.6 Å². The normalized spacial score (nSPS) is 16.0. The van der Waals surface area contributed by atoms with Gasteiger partial charge in [-0.3, -0.25) is 9.36 Å². The molecule has 5 heteroatoms. The predicted molar refractivity (Wildman–Crippen MR) is 107 cm³/mol. The van der Waals surface area contributed by atoms with Crippen molar-refractivity contribution in [2.24, 2.45) is 0 Å². The van der Waals surface area contributed by atoms with E-state index in [1.54, 1.807) is 0 Å². The number of aromatic nitrogens is 2. The molecule has 2 aromatic carbocycles. The Balaban J connectivity index is 1.30. The van der Waals surface area contributed by atoms with Crippen molar-refractivity contribution in [2.45, 2.75) is 31.7 Å². The van der Waals surface area contributed by atoms with Crippen molar-refractivity contribution in [2.75, 3.05) is 19.6 Å². The molecule has 0 bridgehead atoms. The van der Waals surface area contributed by atoms with Crippen molar-refractivity contribution >= 4 is 16.8 Å². The van der Waals surface area contributed by atoms with Gasteiger partial charge in [-0.25, -0.2) is 4.79 Å². The molecule has 140 valence electrons. The SMILES string of the molecule is O=C(CCCN1CCC(n2c(=O)[nH]c3ccccc32)CC1)c1ccccc1. The van der Waals surface area contributed by atoms with E-state index in [0.29, 0.717) is 6.42 Å². The van der Waals surface area contributed by atoms with Gasteiger partial charge < -0.3 is 9.88 Å². The third kappa shape index (κ3) is 3.88. The summed E-state index contributed by atoms with van der Waals surface area (Å²) >= 11 is 0. The maximum absolute atomic E-state index is 12.4. The van der Waals surface area contributed by atoms with E-state index < -0.39 is 0 Å². The Labute approximate surface area is 158 Å². The van der Waals surface area contributed by atoms with Crippen molar-refractivity contribution in [3.8, 4) is 0 Å². The maximum Gasteiger partial charge on any atom is 0.326 e. The zero-order valence-electron chi connectivity index (χ0n) is 15.4. The lowest BCUT2D eigenvalue weighted by Gasteiger charge is -2.32. The summed E-state index contributed by atoms with van der Waals surface area (Å²) in [6.07, 6.45) is 3.40. The number of ketones is 1. The van der Waals surface area contributed by atoms with Crippen molar-refractivity contribution < 1.29 is 4.79 Å². The van der Waals surface area contributed by atoms with Gasteiger partial charge in [0.2, 0.25) is 0 Å². The fourth-order valence-corrected chi connectivity index (χ4v) is 4.07. The number of Topliss-reactive ketones (excluding diaryl/α,β-unsaturated/α-hetero) is 1. The topological polar surface area (TPSA) is 58.1 Å². The number of piperidine rings is 1. The molecule has 1 aromatic heterocycles. The lowest BCUT2D eigenvalue weighted by molar-refractivity contribution is 0.0970. The van der Waals surface area contributed by atoms with Crippen LogP contribution in [0.1, 0.15) is 42.1 Å². The molecule has 27 heavy (non-hydrogen) atoms. The van der Waals surface area contributed by atoms with E-state index in [0.717, 1.165) is 55.5 Å². The number of nitrogens with zero attached hydrogens (tertiary/aromatic N) is 2. The number of hydrogen-bond acceptors (Lipinski definition) is 3. The number of nitrogens with one attached hydrogen (secondary N) is 1. The lowest BCUT2D eigenvalue weighted by Crippen LogP contribution is -2.37. The molecule has 1 aliphatic rings. The standard InChI is InChI=1S/C22H25N3O2/c26-21(17-7-2-1-3-8-17)11-6-14-24-15-12-18(13-16-24)25-20-10-5-4-9-19(20)23-22(25)27/h1-5,7-10,18H,6,11-16H2,(H,23,27). The Kier molecular flexibility index (Phi) is 5.21. The van der Waals surface area contributed by atoms with Crippen LogP contribution in [0.25, 0.3) is 11.0 Å². The van der Waals surface area contributed by atoms with Crippen molar-refractivity contribution in [1.82, 2.24) is 14.5 Å². The van der Waals surface area contributed by atoms with E-state index >= 15 is 0 Å². The van der Waals surface area contributed by atoms with E-state index in [1.807, 2.05) is 59.2 Å². The maximum atomic E-state index is 12.4. The van der Waals surface area contributed by atoms with Crippen LogP contribution in [0.5, 0.6) is 0 Å². The smallest absolute Gasteiger partial charge is 0.306 e. The Morgan fingerprint density at radius 3 is 2.48 bits per heavy atom. The first-order valence-electron chi connectivity index (χ1n) is 9.72. The zero-order chi connectivity index (χ0) is 18.6. The van der Waals surface area contributed by atoms with Crippen LogP contribution in [0, 0.1) is 0 Å². The summed E-state index contributed by atoms with van der Waals surface area (Å²) in [6.45, 7) is 2.88. The van der Waals surface area contributed by atoms with Crippen molar-refractivity contribution in [3.63, 3.8) is 0 Å². The number of fused-ring (bicyclic) bond motifs is 1. The summed E-state index contributed by atoms with van der Waals surface area (Å²) in [5.74, 6) is 0.218. The summed E-state index contributed by atoms with van der Waals surface area (Å²) in [6, 6.07) is 17.6. The first kappa shape index (κ1) is 17.7. The highest BCUT2D eigenvalue weighted by atomic mass is 16.1. The molecule has 0 spiro atoms. The van der Waals surface area contributed by atoms with Crippen LogP contribution in [0.4, 0.5) is 0 Å². The molecule has 0 atom stereocenters. The van der Waals surface area contributed by atoms with Crippen LogP contribution in [-0.2, 0) is 0 Å². The lowest BCUT2D eigenvalue weighted by atomic mass is 10.0. The van der Waals surface area contributed by atoms with Gasteiger partial charge in [0.15, 0.2) is 5.78 Å². The van der Waals surface area contributed by atoms with Gasteiger partial charge in [0.25, 0.3) is 0 Å². The molecule has 0 saturated carbocycles. The molecule has 0 aliphatic carbocycles. The minimum absolute atomic E-state index is 0.0110. The number of rotatable bonds is 6. The molecule has 1 N–H and O–H groups in total. The molecule has 0 radical (unpaired) electrons. The van der Waals surface area contributed by atoms with E-state index in [-0.39, 0.29) is 17.5 Å². The molecule has 1 fully saturated rings. The van der Waals surface area contributed by atoms with Gasteiger partial charge in [-0.15, -0.1) is 0 Å². The summed E-state index contributed by atoms with van der Waals surface area (Å²) in [5, 5.41) is 0. The first-order valence-corrected chi connectivity index (χ1v) is 9.72. The molecule has 2 heterocycles. The number of benzene rings is 2. The molecule has 1 saturated heterocycles. The average molecular weight is 363 g/mol. The zero-order valence-corrected chi connectivity index (χ0v) is 15.4. The van der Waals surface area contributed by atoms with Crippen LogP contribution in [-0.4, -0.2) is 39.9 Å². The molecule has 0 amide bonds. The second-order valence-corrected chi connectivity index (χ2v) is 7.28. The predicted octanol–water partition coefficient (Wildman–Crippen LogP) is 3.63. The van der Waals surface area contributed by atoms with Crippen LogP contribution in [0.3, 0.4) is 0 Å². The Morgan fingerprint density at radius 1 is 1.00 bits per heavy atom. The number of aromatic amines is 1. The van der Waals surface area contributed by atoms with Gasteiger partial charge in [0, 0.05) is 31.1 Å². The van der Waals surface area contributed by atoms with Gasteiger partial charge in [-0.05, 0) is 37.9 Å². The number of H-pyrrole nitrogens is 1. The van der Waals surface area contributed by atoms with Crippen LogP contribution < -0.4 is 5.69 Å². The Morgan fingerprint density at radius 2 is 1.70 bits per heavy atom. The number of para-hydroxylation sites is 2. The van der Waals surface area contributed by atoms with Gasteiger partial charge in [-0.1, -0.05) is 42.5 Å². The molecule has 1 aliphatic heterocycles. The van der Waals surface area contributed by atoms with Crippen LogP contribution >= 0.6 is 0 Å². The molecule has 0 unspecified atom stereocenters. The van der Waals surface area contributed by atoms with E-state index in [1.165, 1.54) is 0 Å². The second-order valence-electron chi connectivity index (χ2n) is 7.28. The average Bonchev–Trinajstić information content (AvgIpc) is 3.05. The highest BCUT2D eigenvalue weighted by Crippen LogP contribution is 2.25. The highest BCUT2D eigenvalue weighted by Gasteiger charge is 2.23. The van der Waals surface area contributed by atoms with Gasteiger partial charge in [0.1, 0.15) is 0 Å². The van der Waals surface area contributed by atoms with Gasteiger partial charge in [-0.2, -0.15) is 0 Å². The Hall–Kier alpha value is -2.66. The largest absolute Gasteiger partial charge is 0.326 e. The van der Waals surface area contributed by atoms with E-state index in [2.05, 4.69) is 9.88 Å². The minimum Gasteiger partial charge on any atom is -0.306 e. The van der Waals surface area contributed by atoms with E-state index in [9.17, 15) is 9.59 Å². The monoisotopic (exact) mass is 363 g/mol. The van der Waals surface area contributed by atoms with Gasteiger partial charge >= 0.3 is 5.69 Å². The fourth-order valence-electron chi connectivity index (χ4n) is 4.07. The second kappa shape index (κ2) is 7.92. The molecule has 5 nitrogen and oxygen atoms in total. The third-order valence-electron chi connectivity index (χ3n) is 5.52. The number of likely N-dealkylation sites (tertiary alicyclic amines) is 1. The molecular weight excluding hydrogens is 338 g/mol. The highest BCUT2D eigenvalue weighted by molar-refractivity contribution is 5.95. The summed E-state index contributed by atoms with van der Waals surface area (Å²) in [5.41, 5.74) is 2.69. The summed E-state index contributed by atoms with van der Waals surface area (Å²) < 4.78 is 1.92. The number of imidazole rings is 1. The quantitative estimate of drug-likeness (QED) is 0.681. The first-order chi connectivity index (χ1) is 13.2. The molecule has 3 aromatic rings. The fraction of sp³-hybridized carbons (Fsp3) is 0.364. The van der Waals surface area contributed by atoms with Gasteiger partial charge in [0.05, 0.1) is 11.0 Å². The minimum atomic E-state index is -0.0110. The van der Waals surface area contributed by atoms with Crippen LogP contribution in [0.15, 0.2) is 59.4 Å². The summed E-state index contributed by atoms with van der Waals surface area (Å²) in [7, 11) is 0. The van der Waals surface area contributed by atoms with Crippen molar-refractivity contribution in [1.29, 1.82) is 0 Å². The number of carbonyl (C=O) groups is 1. The number of carbonyl (C=O) groups excluding carboxylic acids is 1. The summed E-state index contributed by atoms with van der Waals surface area (Å²) in [4.78, 5) is 29.9. The number of hydrogen-bond donors (Lipinski definition) is 1. The Bertz CT molecular complexity index is 966. The molecule has 4 rings (SSSR count). The van der Waals surface area contributed by atoms with E-state index in [4.69, 9.17) is 0 Å². The third-order valence-corrected chi connectivity index (χ3v) is 5.52. The van der Waals surface area contributed by atoms with Crippen LogP contribution in [0.2, 0.25) is 0 Å².